The Morgan fingerprint density at radius 2 is 2.15 bits per heavy atom. The summed E-state index contributed by atoms with van der Waals surface area (Å²) in [5.74, 6) is 0. The molecule has 0 saturated heterocycles. The second-order valence-electron chi connectivity index (χ2n) is 1.96. The fourth-order valence-corrected chi connectivity index (χ4v) is 0.738. The zero-order valence-corrected chi connectivity index (χ0v) is 7.71. The molecule has 70 valence electrons. The summed E-state index contributed by atoms with van der Waals surface area (Å²) in [4.78, 5) is 23.5. The third-order valence-electron chi connectivity index (χ3n) is 1.16. The Morgan fingerprint density at radius 3 is 2.62 bits per heavy atom. The average Bonchev–Trinajstić information content (AvgIpc) is 2.04. The van der Waals surface area contributed by atoms with Gasteiger partial charge in [-0.05, 0) is 11.6 Å². The molecule has 0 atom stereocenters. The topological polar surface area (TPSA) is 73.1 Å². The Balaban J connectivity index is 0.00000144. The highest BCUT2D eigenvalue weighted by atomic mass is 35.5. The van der Waals surface area contributed by atoms with E-state index >= 15 is 0 Å². The predicted octanol–water partition coefficient (Wildman–Crippen LogP) is 1.79. The molecule has 0 aromatic carbocycles. The van der Waals surface area contributed by atoms with Crippen LogP contribution in [0.15, 0.2) is 18.5 Å². The molecule has 5 nitrogen and oxygen atoms in total. The van der Waals surface area contributed by atoms with Crippen LogP contribution in [0, 0.1) is 10.1 Å². The lowest BCUT2D eigenvalue weighted by molar-refractivity contribution is -0.385. The highest BCUT2D eigenvalue weighted by molar-refractivity contribution is 6.67. The summed E-state index contributed by atoms with van der Waals surface area (Å²) in [7, 11) is 0. The van der Waals surface area contributed by atoms with Crippen molar-refractivity contribution >= 4 is 34.9 Å². The normalized spacial score (nSPS) is 8.69. The van der Waals surface area contributed by atoms with E-state index in [2.05, 4.69) is 4.98 Å². The van der Waals surface area contributed by atoms with Crippen LogP contribution >= 0.6 is 24.0 Å². The first-order valence-electron chi connectivity index (χ1n) is 2.90. The van der Waals surface area contributed by atoms with Crippen molar-refractivity contribution in [2.45, 2.75) is 0 Å². The van der Waals surface area contributed by atoms with Gasteiger partial charge in [0.2, 0.25) is 0 Å². The van der Waals surface area contributed by atoms with Gasteiger partial charge in [0, 0.05) is 12.3 Å². The molecule has 0 aliphatic heterocycles. The average molecular weight is 223 g/mol. The van der Waals surface area contributed by atoms with Crippen LogP contribution in [0.1, 0.15) is 10.4 Å². The van der Waals surface area contributed by atoms with Crippen LogP contribution < -0.4 is 0 Å². The lowest BCUT2D eigenvalue weighted by Gasteiger charge is -1.91. The van der Waals surface area contributed by atoms with Gasteiger partial charge in [0.05, 0.1) is 10.5 Å². The van der Waals surface area contributed by atoms with E-state index in [1.807, 2.05) is 0 Å². The molecule has 13 heavy (non-hydrogen) atoms. The van der Waals surface area contributed by atoms with Crippen LogP contribution in [0.4, 0.5) is 5.69 Å². The van der Waals surface area contributed by atoms with Crippen molar-refractivity contribution in [1.29, 1.82) is 0 Å². The van der Waals surface area contributed by atoms with Crippen molar-refractivity contribution < 1.29 is 9.72 Å². The number of pyridine rings is 1. The molecule has 1 rings (SSSR count). The Morgan fingerprint density at radius 1 is 1.54 bits per heavy atom. The van der Waals surface area contributed by atoms with Gasteiger partial charge in [0.25, 0.3) is 10.9 Å². The minimum Gasteiger partial charge on any atom is -0.276 e. The van der Waals surface area contributed by atoms with Crippen molar-refractivity contribution in [3.8, 4) is 0 Å². The second-order valence-corrected chi connectivity index (χ2v) is 2.31. The van der Waals surface area contributed by atoms with E-state index in [1.165, 1.54) is 6.20 Å². The molecule has 0 saturated carbocycles. The Kier molecular flexibility index (Phi) is 4.30. The van der Waals surface area contributed by atoms with Gasteiger partial charge in [-0.15, -0.1) is 12.4 Å². The van der Waals surface area contributed by atoms with Gasteiger partial charge >= 0.3 is 0 Å². The SMILES string of the molecule is Cl.O=C(Cl)c1cncc([N+](=O)[O-])c1. The molecule has 0 spiro atoms. The molecule has 0 N–H and O–H groups in total. The van der Waals surface area contributed by atoms with Gasteiger partial charge < -0.3 is 0 Å². The highest BCUT2D eigenvalue weighted by Crippen LogP contribution is 2.12. The van der Waals surface area contributed by atoms with Gasteiger partial charge in [-0.2, -0.15) is 0 Å². The summed E-state index contributed by atoms with van der Waals surface area (Å²) >= 11 is 5.08. The lowest BCUT2D eigenvalue weighted by Crippen LogP contribution is -1.94. The molecule has 1 heterocycles. The van der Waals surface area contributed by atoms with Gasteiger partial charge in [0.15, 0.2) is 0 Å². The van der Waals surface area contributed by atoms with Crippen LogP contribution in [-0.4, -0.2) is 15.1 Å². The molecule has 0 bridgehead atoms. The summed E-state index contributed by atoms with van der Waals surface area (Å²) < 4.78 is 0. The Bertz CT molecular complexity index is 313. The molecule has 0 aliphatic carbocycles. The summed E-state index contributed by atoms with van der Waals surface area (Å²) in [6, 6.07) is 1.07. The van der Waals surface area contributed by atoms with Gasteiger partial charge in [-0.1, -0.05) is 0 Å². The van der Waals surface area contributed by atoms with Crippen molar-refractivity contribution in [2.24, 2.45) is 0 Å². The first-order chi connectivity index (χ1) is 5.61. The van der Waals surface area contributed by atoms with Crippen LogP contribution in [0.5, 0.6) is 0 Å². The van der Waals surface area contributed by atoms with Crippen LogP contribution in [0.2, 0.25) is 0 Å². The molecule has 0 fully saturated rings. The van der Waals surface area contributed by atoms with E-state index in [0.717, 1.165) is 12.3 Å². The number of hydrogen-bond donors (Lipinski definition) is 0. The molecule has 0 amide bonds. The number of carbonyl (C=O) groups is 1. The first-order valence-corrected chi connectivity index (χ1v) is 3.28. The number of rotatable bonds is 2. The molecule has 1 aromatic heterocycles. The number of nitro groups is 1. The summed E-state index contributed by atoms with van der Waals surface area (Å²) in [6.45, 7) is 0. The van der Waals surface area contributed by atoms with Crippen molar-refractivity contribution in [1.82, 2.24) is 4.98 Å². The van der Waals surface area contributed by atoms with Crippen LogP contribution in [0.25, 0.3) is 0 Å². The minimum absolute atomic E-state index is 0. The molecule has 0 radical (unpaired) electrons. The number of hydrogen-bond acceptors (Lipinski definition) is 4. The molecular weight excluding hydrogens is 219 g/mol. The number of nitrogens with zero attached hydrogens (tertiary/aromatic N) is 2. The zero-order chi connectivity index (χ0) is 9.14. The summed E-state index contributed by atoms with van der Waals surface area (Å²) in [5, 5.41) is 9.43. The quantitative estimate of drug-likeness (QED) is 0.435. The van der Waals surface area contributed by atoms with Crippen molar-refractivity contribution in [3.63, 3.8) is 0 Å². The van der Waals surface area contributed by atoms with Crippen molar-refractivity contribution in [2.75, 3.05) is 0 Å². The smallest absolute Gasteiger partial charge is 0.276 e. The first kappa shape index (κ1) is 11.8. The summed E-state index contributed by atoms with van der Waals surface area (Å²) in [6.07, 6.45) is 2.21. The molecule has 0 aliphatic rings. The number of halogens is 2. The Labute approximate surface area is 84.3 Å². The molecule has 1 aromatic rings. The van der Waals surface area contributed by atoms with E-state index < -0.39 is 10.2 Å². The third kappa shape index (κ3) is 2.96. The fraction of sp³-hybridized carbons (Fsp3) is 0. The minimum atomic E-state index is -0.758. The van der Waals surface area contributed by atoms with Gasteiger partial charge in [0.1, 0.15) is 6.20 Å². The van der Waals surface area contributed by atoms with Gasteiger partial charge in [-0.3, -0.25) is 19.9 Å². The van der Waals surface area contributed by atoms with Crippen molar-refractivity contribution in [3.05, 3.63) is 34.1 Å². The largest absolute Gasteiger partial charge is 0.288 e. The van der Waals surface area contributed by atoms with E-state index in [4.69, 9.17) is 11.6 Å². The highest BCUT2D eigenvalue weighted by Gasteiger charge is 2.09. The maximum atomic E-state index is 10.5. The molecular formula is C6H4Cl2N2O3. The molecule has 0 unspecified atom stereocenters. The van der Waals surface area contributed by atoms with E-state index in [1.54, 1.807) is 0 Å². The zero-order valence-electron chi connectivity index (χ0n) is 6.14. The number of carbonyl (C=O) groups excluding carboxylic acids is 1. The van der Waals surface area contributed by atoms with E-state index in [9.17, 15) is 14.9 Å². The van der Waals surface area contributed by atoms with Gasteiger partial charge in [-0.25, -0.2) is 0 Å². The third-order valence-corrected chi connectivity index (χ3v) is 1.38. The maximum Gasteiger partial charge on any atom is 0.288 e. The second kappa shape index (κ2) is 4.74. The predicted molar refractivity (Wildman–Crippen MR) is 48.3 cm³/mol. The van der Waals surface area contributed by atoms with Crippen LogP contribution in [-0.2, 0) is 0 Å². The fourth-order valence-electron chi connectivity index (χ4n) is 0.635. The maximum absolute atomic E-state index is 10.5. The molecule has 7 heteroatoms. The van der Waals surface area contributed by atoms with Crippen LogP contribution in [0.3, 0.4) is 0 Å². The standard InChI is InChI=1S/C6H3ClN2O3.ClH/c7-6(10)4-1-5(9(11)12)3-8-2-4;/h1-3H;1H. The lowest BCUT2D eigenvalue weighted by atomic mass is 10.3. The monoisotopic (exact) mass is 222 g/mol. The Hall–Kier alpha value is -1.20. The summed E-state index contributed by atoms with van der Waals surface area (Å²) in [5.41, 5.74) is -0.229. The van der Waals surface area contributed by atoms with E-state index in [0.29, 0.717) is 0 Å². The number of aromatic nitrogens is 1. The van der Waals surface area contributed by atoms with E-state index in [-0.39, 0.29) is 23.7 Å².